The summed E-state index contributed by atoms with van der Waals surface area (Å²) in [6.07, 6.45) is 0.638. The zero-order valence-electron chi connectivity index (χ0n) is 15.9. The molecule has 3 aliphatic rings. The van der Waals surface area contributed by atoms with E-state index in [-0.39, 0.29) is 11.3 Å². The van der Waals surface area contributed by atoms with Gasteiger partial charge in [-0.1, -0.05) is 18.2 Å². The maximum Gasteiger partial charge on any atom is 0.305 e. The summed E-state index contributed by atoms with van der Waals surface area (Å²) < 4.78 is 16.1. The summed E-state index contributed by atoms with van der Waals surface area (Å²) in [6.45, 7) is 2.21. The van der Waals surface area contributed by atoms with Gasteiger partial charge in [-0.25, -0.2) is 4.90 Å². The van der Waals surface area contributed by atoms with Crippen LogP contribution in [0, 0.1) is 11.8 Å². The maximum atomic E-state index is 13.3. The number of rotatable bonds is 5. The predicted molar refractivity (Wildman–Crippen MR) is 94.3 cm³/mol. The van der Waals surface area contributed by atoms with Crippen molar-refractivity contribution in [2.24, 2.45) is 11.8 Å². The number of esters is 2. The number of benzene rings is 1. The standard InChI is InChI=1S/C20H17NO9/c1-9(22)28-19(29-10(2)23)20-7-6-13(30-20)14-15(20)17(25)21(16(14)24)12-5-3-4-11(8-12)18(26)27/h3-8,13-15,19H,1-2H3,(H,26,27)/p-1/t13-,14-,15+,20-/m1/s1. The minimum atomic E-state index is -1.67. The average Bonchev–Trinajstić information content (AvgIpc) is 3.32. The van der Waals surface area contributed by atoms with Gasteiger partial charge in [-0.2, -0.15) is 0 Å². The Kier molecular flexibility index (Phi) is 4.46. The molecule has 2 amide bonds. The number of carbonyl (C=O) groups is 5. The maximum absolute atomic E-state index is 13.3. The first-order chi connectivity index (χ1) is 14.2. The van der Waals surface area contributed by atoms with E-state index in [1.54, 1.807) is 6.08 Å². The number of nitrogens with zero attached hydrogens (tertiary/aromatic N) is 1. The Morgan fingerprint density at radius 1 is 1.13 bits per heavy atom. The first-order valence-electron chi connectivity index (χ1n) is 9.06. The van der Waals surface area contributed by atoms with Gasteiger partial charge in [0, 0.05) is 13.8 Å². The molecule has 0 unspecified atom stereocenters. The lowest BCUT2D eigenvalue weighted by Crippen LogP contribution is -2.52. The molecule has 156 valence electrons. The molecule has 0 saturated carbocycles. The van der Waals surface area contributed by atoms with Crippen LogP contribution in [0.3, 0.4) is 0 Å². The van der Waals surface area contributed by atoms with Crippen molar-refractivity contribution in [3.63, 3.8) is 0 Å². The number of carboxylic acids is 1. The largest absolute Gasteiger partial charge is 0.545 e. The molecule has 10 heteroatoms. The second kappa shape index (κ2) is 6.77. The van der Waals surface area contributed by atoms with Crippen molar-refractivity contribution in [2.75, 3.05) is 4.90 Å². The van der Waals surface area contributed by atoms with Crippen LogP contribution in [-0.2, 0) is 33.4 Å². The lowest BCUT2D eigenvalue weighted by atomic mass is 9.76. The predicted octanol–water partition coefficient (Wildman–Crippen LogP) is -0.685. The summed E-state index contributed by atoms with van der Waals surface area (Å²) in [5, 5.41) is 11.2. The van der Waals surface area contributed by atoms with Crippen LogP contribution in [-0.4, -0.2) is 47.7 Å². The van der Waals surface area contributed by atoms with Gasteiger partial charge in [-0.05, 0) is 23.8 Å². The Balaban J connectivity index is 1.75. The summed E-state index contributed by atoms with van der Waals surface area (Å²) in [5.74, 6) is -6.34. The highest BCUT2D eigenvalue weighted by atomic mass is 16.7. The third-order valence-electron chi connectivity index (χ3n) is 5.33. The number of amides is 2. The van der Waals surface area contributed by atoms with Crippen LogP contribution in [0.15, 0.2) is 36.4 Å². The minimum Gasteiger partial charge on any atom is -0.545 e. The Morgan fingerprint density at radius 3 is 2.40 bits per heavy atom. The Labute approximate surface area is 170 Å². The number of carbonyl (C=O) groups excluding carboxylic acids is 5. The van der Waals surface area contributed by atoms with Gasteiger partial charge in [-0.3, -0.25) is 19.2 Å². The van der Waals surface area contributed by atoms with Gasteiger partial charge < -0.3 is 24.1 Å². The van der Waals surface area contributed by atoms with Crippen molar-refractivity contribution in [3.05, 3.63) is 42.0 Å². The monoisotopic (exact) mass is 414 g/mol. The zero-order valence-corrected chi connectivity index (χ0v) is 15.9. The molecule has 3 heterocycles. The van der Waals surface area contributed by atoms with Crippen molar-refractivity contribution < 1.29 is 43.3 Å². The number of hydrogen-bond acceptors (Lipinski definition) is 9. The zero-order chi connectivity index (χ0) is 21.8. The molecule has 0 N–H and O–H groups in total. The molecule has 2 bridgehead atoms. The van der Waals surface area contributed by atoms with Gasteiger partial charge in [0.1, 0.15) is 0 Å². The van der Waals surface area contributed by atoms with Gasteiger partial charge in [0.05, 0.1) is 29.6 Å². The molecule has 0 radical (unpaired) electrons. The van der Waals surface area contributed by atoms with Gasteiger partial charge in [0.2, 0.25) is 11.8 Å². The van der Waals surface area contributed by atoms with Crippen LogP contribution in [0.5, 0.6) is 0 Å². The fourth-order valence-corrected chi connectivity index (χ4v) is 4.24. The Morgan fingerprint density at radius 2 is 1.80 bits per heavy atom. The third-order valence-corrected chi connectivity index (χ3v) is 5.33. The SMILES string of the molecule is CC(=O)OC(OC(C)=O)[C@]12C=C[C@@H](O1)[C@H]1C(=O)N(c3cccc(C(=O)[O-])c3)C(=O)[C@H]12. The molecular formula is C20H16NO9-. The number of imide groups is 1. The van der Waals surface area contributed by atoms with Crippen LogP contribution in [0.1, 0.15) is 24.2 Å². The highest BCUT2D eigenvalue weighted by Crippen LogP contribution is 2.54. The Bertz CT molecular complexity index is 999. The first-order valence-corrected chi connectivity index (χ1v) is 9.06. The summed E-state index contributed by atoms with van der Waals surface area (Å²) >= 11 is 0. The average molecular weight is 414 g/mol. The van der Waals surface area contributed by atoms with E-state index in [2.05, 4.69) is 0 Å². The van der Waals surface area contributed by atoms with Gasteiger partial charge in [0.25, 0.3) is 6.29 Å². The van der Waals surface area contributed by atoms with Gasteiger partial charge >= 0.3 is 11.9 Å². The number of hydrogen-bond donors (Lipinski definition) is 0. The number of anilines is 1. The molecule has 2 saturated heterocycles. The molecule has 0 aliphatic carbocycles. The van der Waals surface area contributed by atoms with Crippen molar-refractivity contribution in [2.45, 2.75) is 31.8 Å². The molecule has 10 nitrogen and oxygen atoms in total. The molecule has 0 aromatic heterocycles. The summed E-state index contributed by atoms with van der Waals surface area (Å²) in [4.78, 5) is 61.6. The van der Waals surface area contributed by atoms with E-state index in [0.29, 0.717) is 0 Å². The van der Waals surface area contributed by atoms with Crippen LogP contribution in [0.25, 0.3) is 0 Å². The molecule has 2 fully saturated rings. The molecule has 4 rings (SSSR count). The van der Waals surface area contributed by atoms with Crippen molar-refractivity contribution in [3.8, 4) is 0 Å². The molecule has 30 heavy (non-hydrogen) atoms. The van der Waals surface area contributed by atoms with Crippen molar-refractivity contribution >= 4 is 35.4 Å². The normalized spacial score (nSPS) is 28.8. The molecular weight excluding hydrogens is 398 g/mol. The topological polar surface area (TPSA) is 139 Å². The van der Waals surface area contributed by atoms with Crippen LogP contribution < -0.4 is 10.0 Å². The van der Waals surface area contributed by atoms with Crippen LogP contribution in [0.2, 0.25) is 0 Å². The minimum absolute atomic E-state index is 0.0622. The van der Waals surface area contributed by atoms with Gasteiger partial charge in [0.15, 0.2) is 5.60 Å². The molecule has 3 aliphatic heterocycles. The number of aromatic carboxylic acids is 1. The first kappa shape index (κ1) is 19.8. The van der Waals surface area contributed by atoms with E-state index in [9.17, 15) is 29.1 Å². The fraction of sp³-hybridized carbons (Fsp3) is 0.350. The number of fused-ring (bicyclic) bond motifs is 5. The molecule has 1 aromatic rings. The highest BCUT2D eigenvalue weighted by molar-refractivity contribution is 6.23. The van der Waals surface area contributed by atoms with E-state index >= 15 is 0 Å². The van der Waals surface area contributed by atoms with Gasteiger partial charge in [-0.15, -0.1) is 0 Å². The number of ether oxygens (including phenoxy) is 3. The second-order valence-corrected chi connectivity index (χ2v) is 7.20. The van der Waals surface area contributed by atoms with E-state index in [4.69, 9.17) is 14.2 Å². The van der Waals surface area contributed by atoms with E-state index in [0.717, 1.165) is 24.8 Å². The van der Waals surface area contributed by atoms with E-state index in [1.807, 2.05) is 0 Å². The number of carboxylic acid groups (broad SMARTS) is 1. The molecule has 4 atom stereocenters. The molecule has 1 aromatic carbocycles. The third kappa shape index (κ3) is 2.79. The molecule has 0 spiro atoms. The fourth-order valence-electron chi connectivity index (χ4n) is 4.24. The summed E-state index contributed by atoms with van der Waals surface area (Å²) in [7, 11) is 0. The quantitative estimate of drug-likeness (QED) is 0.265. The summed E-state index contributed by atoms with van der Waals surface area (Å²) in [5.41, 5.74) is -1.80. The van der Waals surface area contributed by atoms with Crippen LogP contribution >= 0.6 is 0 Å². The Hall–Kier alpha value is -3.53. The lowest BCUT2D eigenvalue weighted by Gasteiger charge is -2.34. The smallest absolute Gasteiger partial charge is 0.305 e. The van der Waals surface area contributed by atoms with E-state index in [1.165, 1.54) is 24.3 Å². The van der Waals surface area contributed by atoms with Crippen molar-refractivity contribution in [1.29, 1.82) is 0 Å². The summed E-state index contributed by atoms with van der Waals surface area (Å²) in [6, 6.07) is 5.24. The van der Waals surface area contributed by atoms with Crippen molar-refractivity contribution in [1.82, 2.24) is 0 Å². The van der Waals surface area contributed by atoms with Crippen LogP contribution in [0.4, 0.5) is 5.69 Å². The lowest BCUT2D eigenvalue weighted by molar-refractivity contribution is -0.255. The second-order valence-electron chi connectivity index (χ2n) is 7.20. The highest BCUT2D eigenvalue weighted by Gasteiger charge is 2.72. The van der Waals surface area contributed by atoms with E-state index < -0.39 is 59.6 Å².